The summed E-state index contributed by atoms with van der Waals surface area (Å²) in [6.45, 7) is 0. The number of halogens is 1. The van der Waals surface area contributed by atoms with E-state index in [1.54, 1.807) is 6.07 Å². The molecule has 0 heterocycles. The molecule has 0 aliphatic heterocycles. The second-order valence-corrected chi connectivity index (χ2v) is 9.98. The Kier molecular flexibility index (Phi) is 5.20. The molecule has 0 aliphatic rings. The minimum atomic E-state index is -2.46. The van der Waals surface area contributed by atoms with Crippen molar-refractivity contribution in [3.05, 3.63) is 125 Å². The van der Waals surface area contributed by atoms with Crippen molar-refractivity contribution in [2.24, 2.45) is 0 Å². The number of benzene rings is 4. The number of nitrogens with zero attached hydrogens (tertiary/aromatic N) is 1. The van der Waals surface area contributed by atoms with E-state index in [4.69, 9.17) is 0 Å². The topological polar surface area (TPSA) is 43.1 Å². The van der Waals surface area contributed by atoms with E-state index in [0.29, 0.717) is 0 Å². The van der Waals surface area contributed by atoms with Crippen LogP contribution in [0.4, 0.5) is 10.1 Å². The number of hydrogen-bond donors (Lipinski definition) is 0. The first kappa shape index (κ1) is 19.0. The summed E-state index contributed by atoms with van der Waals surface area (Å²) in [6.07, 6.45) is 0. The number of rotatable bonds is 5. The Bertz CT molecular complexity index is 1040. The minimum Gasteiger partial charge on any atom is -0.258 e. The normalized spacial score (nSPS) is 11.2. The lowest BCUT2D eigenvalue weighted by Crippen LogP contribution is -2.38. The van der Waals surface area contributed by atoms with Gasteiger partial charge in [0.2, 0.25) is 5.82 Å². The highest BCUT2D eigenvalue weighted by Crippen LogP contribution is 2.54. The van der Waals surface area contributed by atoms with E-state index in [1.807, 2.05) is 91.0 Å². The average molecular weight is 401 g/mol. The lowest BCUT2D eigenvalue weighted by Gasteiger charge is -2.27. The summed E-state index contributed by atoms with van der Waals surface area (Å²) >= 11 is 0. The molecule has 4 aromatic carbocycles. The Morgan fingerprint density at radius 2 is 1.03 bits per heavy atom. The third kappa shape index (κ3) is 3.32. The summed E-state index contributed by atoms with van der Waals surface area (Å²) < 4.78 is 14.2. The van der Waals surface area contributed by atoms with E-state index >= 15 is 0 Å². The first-order valence-corrected chi connectivity index (χ1v) is 10.9. The fourth-order valence-corrected chi connectivity index (χ4v) is 7.96. The second kappa shape index (κ2) is 7.94. The van der Waals surface area contributed by atoms with Gasteiger partial charge in [-0.25, -0.2) is 0 Å². The zero-order chi connectivity index (χ0) is 20.3. The monoisotopic (exact) mass is 401 g/mol. The van der Waals surface area contributed by atoms with Crippen molar-refractivity contribution in [2.75, 3.05) is 0 Å². The maximum absolute atomic E-state index is 14.2. The van der Waals surface area contributed by atoms with Crippen LogP contribution in [0.2, 0.25) is 0 Å². The van der Waals surface area contributed by atoms with Crippen molar-refractivity contribution >= 4 is 34.2 Å². The SMILES string of the molecule is O=[N+]([O-])c1cc([P+](c2ccccc2)(c2ccccc2)c2ccccc2)ccc1[18F]. The van der Waals surface area contributed by atoms with Crippen molar-refractivity contribution in [3.63, 3.8) is 0 Å². The Morgan fingerprint density at radius 1 is 0.621 bits per heavy atom. The van der Waals surface area contributed by atoms with Crippen molar-refractivity contribution in [1.82, 2.24) is 0 Å². The van der Waals surface area contributed by atoms with Gasteiger partial charge < -0.3 is 0 Å². The molecule has 0 atom stereocenters. The largest absolute Gasteiger partial charge is 0.308 e. The number of nitro benzene ring substituents is 1. The molecular formula is C24H18FNO2P+. The van der Waals surface area contributed by atoms with Gasteiger partial charge >= 0.3 is 5.69 Å². The summed E-state index contributed by atoms with van der Waals surface area (Å²) in [5, 5.41) is 15.4. The molecule has 5 heteroatoms. The predicted molar refractivity (Wildman–Crippen MR) is 118 cm³/mol. The van der Waals surface area contributed by atoms with Crippen molar-refractivity contribution in [3.8, 4) is 0 Å². The van der Waals surface area contributed by atoms with Crippen LogP contribution in [0.5, 0.6) is 0 Å². The third-order valence-electron chi connectivity index (χ3n) is 4.94. The average Bonchev–Trinajstić information content (AvgIpc) is 2.77. The van der Waals surface area contributed by atoms with Gasteiger partial charge in [0, 0.05) is 0 Å². The molecule has 142 valence electrons. The predicted octanol–water partition coefficient (Wildman–Crippen LogP) is 4.35. The van der Waals surface area contributed by atoms with Gasteiger partial charge in [-0.2, -0.15) is 4.39 Å². The summed E-state index contributed by atoms with van der Waals surface area (Å²) in [4.78, 5) is 10.8. The Labute approximate surface area is 169 Å². The third-order valence-corrected chi connectivity index (χ3v) is 9.22. The first-order chi connectivity index (χ1) is 14.1. The van der Waals surface area contributed by atoms with Crippen LogP contribution in [-0.2, 0) is 0 Å². The van der Waals surface area contributed by atoms with Gasteiger partial charge in [-0.05, 0) is 48.5 Å². The molecule has 0 unspecified atom stereocenters. The molecule has 3 nitrogen and oxygen atoms in total. The molecule has 0 saturated heterocycles. The Balaban J connectivity index is 2.15. The maximum Gasteiger partial charge on any atom is 0.308 e. The molecule has 0 amide bonds. The van der Waals surface area contributed by atoms with Gasteiger partial charge in [0.15, 0.2) is 0 Å². The number of nitro groups is 1. The van der Waals surface area contributed by atoms with Gasteiger partial charge in [-0.15, -0.1) is 0 Å². The molecule has 0 saturated carbocycles. The van der Waals surface area contributed by atoms with Gasteiger partial charge in [-0.3, -0.25) is 10.1 Å². The molecule has 0 bridgehead atoms. The van der Waals surface area contributed by atoms with E-state index in [0.717, 1.165) is 21.2 Å². The summed E-state index contributed by atoms with van der Waals surface area (Å²) in [5.74, 6) is -0.828. The molecule has 0 spiro atoms. The van der Waals surface area contributed by atoms with Gasteiger partial charge in [0.05, 0.1) is 11.0 Å². The minimum absolute atomic E-state index is 0.505. The molecule has 0 aliphatic carbocycles. The lowest BCUT2D eigenvalue weighted by molar-refractivity contribution is -0.387. The quantitative estimate of drug-likeness (QED) is 0.283. The van der Waals surface area contributed by atoms with E-state index in [2.05, 4.69) is 0 Å². The van der Waals surface area contributed by atoms with Gasteiger partial charge in [-0.1, -0.05) is 54.6 Å². The molecule has 0 radical (unpaired) electrons. The van der Waals surface area contributed by atoms with Crippen LogP contribution in [0.15, 0.2) is 109 Å². The summed E-state index contributed by atoms with van der Waals surface area (Å²) in [7, 11) is -2.46. The molecule has 4 aromatic rings. The van der Waals surface area contributed by atoms with Crippen molar-refractivity contribution in [2.45, 2.75) is 0 Å². The second-order valence-electron chi connectivity index (χ2n) is 6.57. The highest BCUT2D eigenvalue weighted by molar-refractivity contribution is 8.01. The van der Waals surface area contributed by atoms with Gasteiger partial charge in [0.1, 0.15) is 28.5 Å². The standard InChI is InChI=1S/C24H18FNO2P/c25-23-17-16-22(18-24(23)26(27)28)29(19-10-4-1-5-11-19,20-12-6-2-7-13-20)21-14-8-3-9-15-21/h1-18H/q+1/i25-1. The molecular weight excluding hydrogens is 383 g/mol. The van der Waals surface area contributed by atoms with Crippen LogP contribution < -0.4 is 21.2 Å². The Hall–Kier alpha value is -3.36. The van der Waals surface area contributed by atoms with Crippen molar-refractivity contribution < 1.29 is 9.31 Å². The van der Waals surface area contributed by atoms with Crippen LogP contribution in [-0.4, -0.2) is 4.92 Å². The fraction of sp³-hybridized carbons (Fsp3) is 0. The van der Waals surface area contributed by atoms with E-state index in [-0.39, 0.29) is 0 Å². The molecule has 0 aromatic heterocycles. The van der Waals surface area contributed by atoms with Crippen molar-refractivity contribution in [1.29, 1.82) is 0 Å². The van der Waals surface area contributed by atoms with E-state index < -0.39 is 23.7 Å². The molecule has 0 fully saturated rings. The van der Waals surface area contributed by atoms with Crippen LogP contribution >= 0.6 is 7.26 Å². The zero-order valence-electron chi connectivity index (χ0n) is 15.5. The van der Waals surface area contributed by atoms with Crippen LogP contribution in [0.3, 0.4) is 0 Å². The van der Waals surface area contributed by atoms with E-state index in [9.17, 15) is 14.5 Å². The first-order valence-electron chi connectivity index (χ1n) is 9.14. The van der Waals surface area contributed by atoms with E-state index in [1.165, 1.54) is 12.1 Å². The molecule has 0 N–H and O–H groups in total. The van der Waals surface area contributed by atoms with Crippen LogP contribution in [0.25, 0.3) is 0 Å². The number of hydrogen-bond acceptors (Lipinski definition) is 2. The smallest absolute Gasteiger partial charge is 0.258 e. The van der Waals surface area contributed by atoms with Crippen LogP contribution in [0, 0.1) is 15.9 Å². The lowest BCUT2D eigenvalue weighted by atomic mass is 10.3. The van der Waals surface area contributed by atoms with Gasteiger partial charge in [0.25, 0.3) is 0 Å². The highest BCUT2D eigenvalue weighted by atomic mass is 31.2. The summed E-state index contributed by atoms with van der Waals surface area (Å²) in [6, 6.07) is 34.2. The highest BCUT2D eigenvalue weighted by Gasteiger charge is 2.48. The fourth-order valence-electron chi connectivity index (χ4n) is 3.70. The van der Waals surface area contributed by atoms with Crippen LogP contribution in [0.1, 0.15) is 0 Å². The molecule has 29 heavy (non-hydrogen) atoms. The maximum atomic E-state index is 14.2. The molecule has 4 rings (SSSR count). The zero-order valence-corrected chi connectivity index (χ0v) is 16.4. The summed E-state index contributed by atoms with van der Waals surface area (Å²) in [5.41, 5.74) is -0.505. The Morgan fingerprint density at radius 3 is 1.41 bits per heavy atom.